The summed E-state index contributed by atoms with van der Waals surface area (Å²) < 4.78 is 15.1. The van der Waals surface area contributed by atoms with Crippen molar-refractivity contribution < 1.29 is 4.39 Å². The van der Waals surface area contributed by atoms with Gasteiger partial charge in [0.1, 0.15) is 11.5 Å². The van der Waals surface area contributed by atoms with Crippen molar-refractivity contribution in [2.45, 2.75) is 6.92 Å². The maximum absolute atomic E-state index is 13.5. The number of nitrogens with zero attached hydrogens (tertiary/aromatic N) is 2. The van der Waals surface area contributed by atoms with Crippen LogP contribution in [0.4, 0.5) is 4.39 Å². The highest BCUT2D eigenvalue weighted by molar-refractivity contribution is 6.33. The summed E-state index contributed by atoms with van der Waals surface area (Å²) >= 11 is 6.07. The molecule has 2 nitrogen and oxygen atoms in total. The Kier molecular flexibility index (Phi) is 2.49. The molecule has 0 saturated heterocycles. The predicted octanol–water partition coefficient (Wildman–Crippen LogP) is 3.19. The van der Waals surface area contributed by atoms with E-state index in [2.05, 4.69) is 5.10 Å². The fourth-order valence-electron chi connectivity index (χ4n) is 1.41. The third-order valence-corrected chi connectivity index (χ3v) is 2.84. The van der Waals surface area contributed by atoms with E-state index in [1.807, 2.05) is 6.92 Å². The Labute approximate surface area is 92.3 Å². The fraction of sp³-hybridized carbons (Fsp3) is 0.182. The largest absolute Gasteiger partial charge is 0.271 e. The van der Waals surface area contributed by atoms with Gasteiger partial charge in [0.15, 0.2) is 0 Å². The number of aryl methyl sites for hydroxylation is 1. The third kappa shape index (κ3) is 1.63. The van der Waals surface area contributed by atoms with Crippen LogP contribution < -0.4 is 0 Å². The maximum atomic E-state index is 13.5. The minimum Gasteiger partial charge on any atom is -0.271 e. The Balaban J connectivity index is 2.65. The van der Waals surface area contributed by atoms with Crippen molar-refractivity contribution in [2.75, 3.05) is 0 Å². The maximum Gasteiger partial charge on any atom is 0.132 e. The molecule has 2 rings (SSSR count). The van der Waals surface area contributed by atoms with E-state index in [9.17, 15) is 4.39 Å². The number of aromatic nitrogens is 2. The molecule has 0 aliphatic carbocycles. The van der Waals surface area contributed by atoms with Crippen LogP contribution in [-0.4, -0.2) is 9.78 Å². The number of halogens is 2. The van der Waals surface area contributed by atoms with E-state index in [4.69, 9.17) is 11.6 Å². The smallest absolute Gasteiger partial charge is 0.132 e. The number of rotatable bonds is 1. The molecule has 0 radical (unpaired) electrons. The summed E-state index contributed by atoms with van der Waals surface area (Å²) in [6.45, 7) is 1.85. The van der Waals surface area contributed by atoms with Crippen LogP contribution in [0, 0.1) is 12.7 Å². The van der Waals surface area contributed by atoms with Crippen molar-refractivity contribution in [1.82, 2.24) is 9.78 Å². The summed E-state index contributed by atoms with van der Waals surface area (Å²) in [5, 5.41) is 4.69. The molecule has 1 heterocycles. The van der Waals surface area contributed by atoms with Crippen LogP contribution in [-0.2, 0) is 7.05 Å². The van der Waals surface area contributed by atoms with Gasteiger partial charge in [0.25, 0.3) is 0 Å². The molecule has 1 aromatic heterocycles. The molecular formula is C11H10ClFN2. The molecule has 0 bridgehead atoms. The van der Waals surface area contributed by atoms with Crippen molar-refractivity contribution >= 4 is 11.6 Å². The van der Waals surface area contributed by atoms with Crippen LogP contribution in [0.2, 0.25) is 5.02 Å². The van der Waals surface area contributed by atoms with Crippen molar-refractivity contribution in [3.63, 3.8) is 0 Å². The first-order valence-corrected chi connectivity index (χ1v) is 4.93. The SMILES string of the molecule is Cc1c(Cl)c(-c2ccccc2F)nn1C. The molecule has 78 valence electrons. The van der Waals surface area contributed by atoms with Crippen LogP contribution in [0.3, 0.4) is 0 Å². The Morgan fingerprint density at radius 3 is 2.53 bits per heavy atom. The third-order valence-electron chi connectivity index (χ3n) is 2.39. The molecule has 4 heteroatoms. The van der Waals surface area contributed by atoms with Gasteiger partial charge in [0, 0.05) is 12.6 Å². The molecule has 0 aliphatic heterocycles. The summed E-state index contributed by atoms with van der Waals surface area (Å²) in [5.74, 6) is -0.308. The second-order valence-electron chi connectivity index (χ2n) is 3.35. The van der Waals surface area contributed by atoms with Gasteiger partial charge in [-0.3, -0.25) is 4.68 Å². The highest BCUT2D eigenvalue weighted by Crippen LogP contribution is 2.30. The molecule has 0 aliphatic rings. The lowest BCUT2D eigenvalue weighted by molar-refractivity contribution is 0.630. The van der Waals surface area contributed by atoms with Gasteiger partial charge in [-0.1, -0.05) is 23.7 Å². The van der Waals surface area contributed by atoms with Gasteiger partial charge in [0.2, 0.25) is 0 Å². The van der Waals surface area contributed by atoms with Gasteiger partial charge >= 0.3 is 0 Å². The first kappa shape index (κ1) is 10.2. The molecule has 1 aromatic carbocycles. The molecule has 0 N–H and O–H groups in total. The van der Waals surface area contributed by atoms with Crippen LogP contribution >= 0.6 is 11.6 Å². The zero-order valence-corrected chi connectivity index (χ0v) is 9.22. The highest BCUT2D eigenvalue weighted by atomic mass is 35.5. The lowest BCUT2D eigenvalue weighted by Gasteiger charge is -1.98. The van der Waals surface area contributed by atoms with Gasteiger partial charge in [0.05, 0.1) is 10.7 Å². The molecule has 0 atom stereocenters. The topological polar surface area (TPSA) is 17.8 Å². The molecule has 0 unspecified atom stereocenters. The van der Waals surface area contributed by atoms with E-state index in [-0.39, 0.29) is 5.82 Å². The number of hydrogen-bond donors (Lipinski definition) is 0. The second kappa shape index (κ2) is 3.66. The van der Waals surface area contributed by atoms with Gasteiger partial charge in [-0.25, -0.2) is 4.39 Å². The standard InChI is InChI=1S/C11H10ClFN2/c1-7-10(12)11(14-15(7)2)8-5-3-4-6-9(8)13/h3-6H,1-2H3. The Morgan fingerprint density at radius 2 is 2.00 bits per heavy atom. The Morgan fingerprint density at radius 1 is 1.33 bits per heavy atom. The highest BCUT2D eigenvalue weighted by Gasteiger charge is 2.15. The zero-order chi connectivity index (χ0) is 11.0. The number of hydrogen-bond acceptors (Lipinski definition) is 1. The van der Waals surface area contributed by atoms with Crippen LogP contribution in [0.1, 0.15) is 5.69 Å². The van der Waals surface area contributed by atoms with Crippen LogP contribution in [0.5, 0.6) is 0 Å². The molecule has 0 fully saturated rings. The fourth-order valence-corrected chi connectivity index (χ4v) is 1.67. The molecular weight excluding hydrogens is 215 g/mol. The van der Waals surface area contributed by atoms with Crippen molar-refractivity contribution in [1.29, 1.82) is 0 Å². The van der Waals surface area contributed by atoms with Crippen molar-refractivity contribution in [3.8, 4) is 11.3 Å². The zero-order valence-electron chi connectivity index (χ0n) is 8.46. The Hall–Kier alpha value is -1.35. The van der Waals surface area contributed by atoms with E-state index in [1.165, 1.54) is 6.07 Å². The van der Waals surface area contributed by atoms with E-state index < -0.39 is 0 Å². The van der Waals surface area contributed by atoms with Crippen LogP contribution in [0.25, 0.3) is 11.3 Å². The normalized spacial score (nSPS) is 10.7. The van der Waals surface area contributed by atoms with E-state index >= 15 is 0 Å². The van der Waals surface area contributed by atoms with Gasteiger partial charge in [-0.2, -0.15) is 5.10 Å². The lowest BCUT2D eigenvalue weighted by Crippen LogP contribution is -1.92. The van der Waals surface area contributed by atoms with Gasteiger partial charge in [-0.05, 0) is 19.1 Å². The summed E-state index contributed by atoms with van der Waals surface area (Å²) in [6, 6.07) is 6.47. The number of benzene rings is 1. The first-order valence-electron chi connectivity index (χ1n) is 4.55. The first-order chi connectivity index (χ1) is 7.11. The molecule has 2 aromatic rings. The summed E-state index contributed by atoms with van der Waals surface area (Å²) in [7, 11) is 1.78. The van der Waals surface area contributed by atoms with Crippen molar-refractivity contribution in [3.05, 3.63) is 40.8 Å². The molecule has 0 amide bonds. The van der Waals surface area contributed by atoms with Crippen molar-refractivity contribution in [2.24, 2.45) is 7.05 Å². The average molecular weight is 225 g/mol. The van der Waals surface area contributed by atoms with Gasteiger partial charge in [-0.15, -0.1) is 0 Å². The predicted molar refractivity (Wildman–Crippen MR) is 58.3 cm³/mol. The van der Waals surface area contributed by atoms with Crippen LogP contribution in [0.15, 0.2) is 24.3 Å². The van der Waals surface area contributed by atoms with E-state index in [0.29, 0.717) is 16.3 Å². The molecule has 0 spiro atoms. The summed E-state index contributed by atoms with van der Waals surface area (Å²) in [4.78, 5) is 0. The molecule has 0 saturated carbocycles. The summed E-state index contributed by atoms with van der Waals surface area (Å²) in [5.41, 5.74) is 1.76. The second-order valence-corrected chi connectivity index (χ2v) is 3.73. The monoisotopic (exact) mass is 224 g/mol. The lowest BCUT2D eigenvalue weighted by atomic mass is 10.1. The van der Waals surface area contributed by atoms with E-state index in [0.717, 1.165) is 5.69 Å². The minimum atomic E-state index is -0.308. The Bertz CT molecular complexity index is 505. The van der Waals surface area contributed by atoms with E-state index in [1.54, 1.807) is 29.9 Å². The quantitative estimate of drug-likeness (QED) is 0.728. The van der Waals surface area contributed by atoms with Gasteiger partial charge < -0.3 is 0 Å². The minimum absolute atomic E-state index is 0.308. The summed E-state index contributed by atoms with van der Waals surface area (Å²) in [6.07, 6.45) is 0. The molecule has 15 heavy (non-hydrogen) atoms. The average Bonchev–Trinajstić information content (AvgIpc) is 2.47.